The van der Waals surface area contributed by atoms with Crippen LogP contribution in [0.5, 0.6) is 0 Å². The van der Waals surface area contributed by atoms with E-state index in [0.717, 1.165) is 10.2 Å². The lowest BCUT2D eigenvalue weighted by Crippen LogP contribution is -1.87. The molecule has 0 aliphatic heterocycles. The Bertz CT molecular complexity index is 651. The molecule has 3 rings (SSSR count). The van der Waals surface area contributed by atoms with Gasteiger partial charge < -0.3 is 5.73 Å². The minimum atomic E-state index is 0.787. The molecule has 0 unspecified atom stereocenters. The summed E-state index contributed by atoms with van der Waals surface area (Å²) in [6, 6.07) is 24.8. The normalized spacial score (nSPS) is 10.4. The standard InChI is InChI=1S/C18H14BrN/c19-15-9-5-13(6-10-15)17-3-1-2-4-18(17)14-7-11-16(20)12-8-14/h1-12H,20H2. The van der Waals surface area contributed by atoms with E-state index < -0.39 is 0 Å². The van der Waals surface area contributed by atoms with Gasteiger partial charge in [-0.05, 0) is 46.5 Å². The van der Waals surface area contributed by atoms with Gasteiger partial charge in [-0.1, -0.05) is 64.5 Å². The van der Waals surface area contributed by atoms with Crippen LogP contribution >= 0.6 is 15.9 Å². The summed E-state index contributed by atoms with van der Waals surface area (Å²) >= 11 is 3.48. The van der Waals surface area contributed by atoms with Crippen molar-refractivity contribution in [3.05, 3.63) is 77.3 Å². The molecule has 0 saturated carbocycles. The summed E-state index contributed by atoms with van der Waals surface area (Å²) in [4.78, 5) is 0. The highest BCUT2D eigenvalue weighted by Gasteiger charge is 2.06. The van der Waals surface area contributed by atoms with E-state index in [1.54, 1.807) is 0 Å². The summed E-state index contributed by atoms with van der Waals surface area (Å²) in [6.07, 6.45) is 0. The van der Waals surface area contributed by atoms with Crippen LogP contribution in [0.4, 0.5) is 5.69 Å². The Hall–Kier alpha value is -2.06. The number of benzene rings is 3. The zero-order chi connectivity index (χ0) is 13.9. The highest BCUT2D eigenvalue weighted by Crippen LogP contribution is 2.32. The fourth-order valence-electron chi connectivity index (χ4n) is 2.28. The van der Waals surface area contributed by atoms with E-state index in [1.165, 1.54) is 22.3 Å². The topological polar surface area (TPSA) is 26.0 Å². The number of nitrogen functional groups attached to an aromatic ring is 1. The Morgan fingerprint density at radius 1 is 0.600 bits per heavy atom. The second kappa shape index (κ2) is 5.51. The number of rotatable bonds is 2. The third-order valence-electron chi connectivity index (χ3n) is 3.30. The van der Waals surface area contributed by atoms with Gasteiger partial charge in [0.2, 0.25) is 0 Å². The number of hydrogen-bond acceptors (Lipinski definition) is 1. The molecule has 0 atom stereocenters. The molecule has 0 fully saturated rings. The largest absolute Gasteiger partial charge is 0.399 e. The van der Waals surface area contributed by atoms with Gasteiger partial charge in [0.1, 0.15) is 0 Å². The van der Waals surface area contributed by atoms with Crippen LogP contribution in [-0.4, -0.2) is 0 Å². The summed E-state index contributed by atoms with van der Waals surface area (Å²) in [6.45, 7) is 0. The van der Waals surface area contributed by atoms with Crippen molar-refractivity contribution in [3.63, 3.8) is 0 Å². The van der Waals surface area contributed by atoms with Crippen molar-refractivity contribution in [3.8, 4) is 22.3 Å². The first-order valence-corrected chi connectivity index (χ1v) is 7.24. The maximum Gasteiger partial charge on any atom is 0.0314 e. The van der Waals surface area contributed by atoms with E-state index in [-0.39, 0.29) is 0 Å². The van der Waals surface area contributed by atoms with Crippen LogP contribution in [-0.2, 0) is 0 Å². The number of anilines is 1. The lowest BCUT2D eigenvalue weighted by Gasteiger charge is -2.10. The van der Waals surface area contributed by atoms with Crippen molar-refractivity contribution < 1.29 is 0 Å². The second-order valence-corrected chi connectivity index (χ2v) is 5.59. The van der Waals surface area contributed by atoms with Crippen LogP contribution in [0.2, 0.25) is 0 Å². The first-order valence-electron chi connectivity index (χ1n) is 6.45. The number of nitrogens with two attached hydrogens (primary N) is 1. The molecule has 20 heavy (non-hydrogen) atoms. The lowest BCUT2D eigenvalue weighted by atomic mass is 9.94. The van der Waals surface area contributed by atoms with Crippen LogP contribution in [0, 0.1) is 0 Å². The quantitative estimate of drug-likeness (QED) is 0.631. The molecular formula is C18H14BrN. The zero-order valence-corrected chi connectivity index (χ0v) is 12.5. The van der Waals surface area contributed by atoms with Crippen LogP contribution < -0.4 is 5.73 Å². The molecule has 2 N–H and O–H groups in total. The maximum absolute atomic E-state index is 5.77. The molecule has 0 spiro atoms. The summed E-state index contributed by atoms with van der Waals surface area (Å²) in [5.41, 5.74) is 11.4. The predicted octanol–water partition coefficient (Wildman–Crippen LogP) is 5.37. The monoisotopic (exact) mass is 323 g/mol. The molecular weight excluding hydrogens is 310 g/mol. The van der Waals surface area contributed by atoms with Crippen molar-refractivity contribution in [2.24, 2.45) is 0 Å². The van der Waals surface area contributed by atoms with E-state index in [0.29, 0.717) is 0 Å². The smallest absolute Gasteiger partial charge is 0.0314 e. The van der Waals surface area contributed by atoms with Gasteiger partial charge in [-0.15, -0.1) is 0 Å². The molecule has 0 bridgehead atoms. The van der Waals surface area contributed by atoms with E-state index in [9.17, 15) is 0 Å². The molecule has 0 aliphatic carbocycles. The van der Waals surface area contributed by atoms with Gasteiger partial charge in [0.25, 0.3) is 0 Å². The Kier molecular flexibility index (Phi) is 3.57. The molecule has 1 nitrogen and oxygen atoms in total. The van der Waals surface area contributed by atoms with Gasteiger partial charge in [0.15, 0.2) is 0 Å². The fourth-order valence-corrected chi connectivity index (χ4v) is 2.54. The lowest BCUT2D eigenvalue weighted by molar-refractivity contribution is 1.57. The third kappa shape index (κ3) is 2.61. The molecule has 3 aromatic carbocycles. The predicted molar refractivity (Wildman–Crippen MR) is 89.4 cm³/mol. The fraction of sp³-hybridized carbons (Fsp3) is 0. The molecule has 0 amide bonds. The van der Waals surface area contributed by atoms with Crippen molar-refractivity contribution in [2.45, 2.75) is 0 Å². The molecule has 3 aromatic rings. The van der Waals surface area contributed by atoms with Gasteiger partial charge in [0, 0.05) is 10.2 Å². The Morgan fingerprint density at radius 2 is 1.05 bits per heavy atom. The van der Waals surface area contributed by atoms with Gasteiger partial charge >= 0.3 is 0 Å². The van der Waals surface area contributed by atoms with Crippen LogP contribution in [0.3, 0.4) is 0 Å². The average molecular weight is 324 g/mol. The SMILES string of the molecule is Nc1ccc(-c2ccccc2-c2ccc(Br)cc2)cc1. The molecule has 0 radical (unpaired) electrons. The Morgan fingerprint density at radius 3 is 1.55 bits per heavy atom. The van der Waals surface area contributed by atoms with Crippen LogP contribution in [0.15, 0.2) is 77.3 Å². The van der Waals surface area contributed by atoms with E-state index in [2.05, 4.69) is 76.6 Å². The molecule has 0 aromatic heterocycles. The van der Waals surface area contributed by atoms with Crippen molar-refractivity contribution in [2.75, 3.05) is 5.73 Å². The maximum atomic E-state index is 5.77. The number of halogens is 1. The summed E-state index contributed by atoms with van der Waals surface area (Å²) in [5, 5.41) is 0. The van der Waals surface area contributed by atoms with Crippen LogP contribution in [0.1, 0.15) is 0 Å². The molecule has 2 heteroatoms. The van der Waals surface area contributed by atoms with Gasteiger partial charge in [0.05, 0.1) is 0 Å². The Balaban J connectivity index is 2.13. The van der Waals surface area contributed by atoms with Crippen molar-refractivity contribution in [1.29, 1.82) is 0 Å². The van der Waals surface area contributed by atoms with E-state index >= 15 is 0 Å². The number of hydrogen-bond donors (Lipinski definition) is 1. The average Bonchev–Trinajstić information content (AvgIpc) is 2.49. The summed E-state index contributed by atoms with van der Waals surface area (Å²) < 4.78 is 1.09. The summed E-state index contributed by atoms with van der Waals surface area (Å²) in [7, 11) is 0. The second-order valence-electron chi connectivity index (χ2n) is 4.67. The van der Waals surface area contributed by atoms with E-state index in [4.69, 9.17) is 5.73 Å². The molecule has 0 heterocycles. The van der Waals surface area contributed by atoms with E-state index in [1.807, 2.05) is 12.1 Å². The van der Waals surface area contributed by atoms with Crippen LogP contribution in [0.25, 0.3) is 22.3 Å². The minimum Gasteiger partial charge on any atom is -0.399 e. The molecule has 98 valence electrons. The minimum absolute atomic E-state index is 0.787. The van der Waals surface area contributed by atoms with Crippen molar-refractivity contribution >= 4 is 21.6 Å². The first-order chi connectivity index (χ1) is 9.74. The zero-order valence-electron chi connectivity index (χ0n) is 10.9. The highest BCUT2D eigenvalue weighted by molar-refractivity contribution is 9.10. The summed E-state index contributed by atoms with van der Waals surface area (Å²) in [5.74, 6) is 0. The first kappa shape index (κ1) is 12.9. The highest BCUT2D eigenvalue weighted by atomic mass is 79.9. The van der Waals surface area contributed by atoms with Gasteiger partial charge in [-0.3, -0.25) is 0 Å². The Labute approximate surface area is 127 Å². The molecule has 0 aliphatic rings. The molecule has 0 saturated heterocycles. The van der Waals surface area contributed by atoms with Crippen molar-refractivity contribution in [1.82, 2.24) is 0 Å². The van der Waals surface area contributed by atoms with Gasteiger partial charge in [-0.25, -0.2) is 0 Å². The van der Waals surface area contributed by atoms with Gasteiger partial charge in [-0.2, -0.15) is 0 Å². The third-order valence-corrected chi connectivity index (χ3v) is 3.83.